The second kappa shape index (κ2) is 5.03. The fraction of sp³-hybridized carbons (Fsp3) is 0.143. The molecule has 5 nitrogen and oxygen atoms in total. The Bertz CT molecular complexity index is 930. The second-order valence-corrected chi connectivity index (χ2v) is 6.37. The van der Waals surface area contributed by atoms with Crippen LogP contribution in [-0.2, 0) is 0 Å². The average Bonchev–Trinajstić information content (AvgIpc) is 2.71. The van der Waals surface area contributed by atoms with E-state index in [-0.39, 0.29) is 11.4 Å². The van der Waals surface area contributed by atoms with Crippen LogP contribution in [0.15, 0.2) is 23.0 Å². The SMILES string of the molecule is Cc1cc(C)n(-c2c(O)c3cc(I)c(Cl)cc3[nH]c2=O)n1. The summed E-state index contributed by atoms with van der Waals surface area (Å²) in [5.41, 5.74) is 1.75. The number of nitrogens with one attached hydrogen (secondary N) is 1. The van der Waals surface area contributed by atoms with Gasteiger partial charge in [-0.15, -0.1) is 0 Å². The maximum atomic E-state index is 12.3. The van der Waals surface area contributed by atoms with Crippen molar-refractivity contribution in [2.45, 2.75) is 13.8 Å². The third kappa shape index (κ3) is 2.32. The monoisotopic (exact) mass is 415 g/mol. The minimum absolute atomic E-state index is 0.102. The number of nitrogens with zero attached hydrogens (tertiary/aromatic N) is 2. The normalized spacial score (nSPS) is 11.2. The van der Waals surface area contributed by atoms with Crippen LogP contribution in [-0.4, -0.2) is 19.9 Å². The van der Waals surface area contributed by atoms with Crippen molar-refractivity contribution >= 4 is 45.1 Å². The summed E-state index contributed by atoms with van der Waals surface area (Å²) in [5, 5.41) is 15.8. The lowest BCUT2D eigenvalue weighted by Gasteiger charge is -2.10. The van der Waals surface area contributed by atoms with Gasteiger partial charge in [0.1, 0.15) is 0 Å². The zero-order valence-corrected chi connectivity index (χ0v) is 14.2. The summed E-state index contributed by atoms with van der Waals surface area (Å²) in [6.07, 6.45) is 0. The molecule has 0 spiro atoms. The highest BCUT2D eigenvalue weighted by molar-refractivity contribution is 14.1. The third-order valence-corrected chi connectivity index (χ3v) is 4.75. The first kappa shape index (κ1) is 14.4. The number of aryl methyl sites for hydroxylation is 2. The van der Waals surface area contributed by atoms with Crippen molar-refractivity contribution in [2.75, 3.05) is 0 Å². The highest BCUT2D eigenvalue weighted by Crippen LogP contribution is 2.32. The average molecular weight is 416 g/mol. The van der Waals surface area contributed by atoms with Crippen LogP contribution in [0.25, 0.3) is 16.6 Å². The van der Waals surface area contributed by atoms with Crippen LogP contribution in [0.1, 0.15) is 11.4 Å². The number of hydrogen-bond donors (Lipinski definition) is 2. The minimum Gasteiger partial charge on any atom is -0.505 e. The van der Waals surface area contributed by atoms with Crippen molar-refractivity contribution in [3.05, 3.63) is 48.5 Å². The Hall–Kier alpha value is -1.54. The summed E-state index contributed by atoms with van der Waals surface area (Å²) in [5.74, 6) is -0.102. The first-order valence-electron chi connectivity index (χ1n) is 6.16. The second-order valence-electron chi connectivity index (χ2n) is 4.80. The van der Waals surface area contributed by atoms with Gasteiger partial charge in [-0.3, -0.25) is 4.79 Å². The molecule has 0 aliphatic heterocycles. The van der Waals surface area contributed by atoms with Crippen LogP contribution in [0.3, 0.4) is 0 Å². The molecule has 0 aliphatic rings. The van der Waals surface area contributed by atoms with Gasteiger partial charge in [0.15, 0.2) is 11.4 Å². The number of hydrogen-bond acceptors (Lipinski definition) is 3. The highest BCUT2D eigenvalue weighted by Gasteiger charge is 2.17. The number of aromatic nitrogens is 3. The van der Waals surface area contributed by atoms with Gasteiger partial charge in [0, 0.05) is 14.7 Å². The molecule has 3 rings (SSSR count). The van der Waals surface area contributed by atoms with Gasteiger partial charge in [-0.25, -0.2) is 4.68 Å². The smallest absolute Gasteiger partial charge is 0.278 e. The molecule has 21 heavy (non-hydrogen) atoms. The number of halogens is 2. The van der Waals surface area contributed by atoms with Crippen LogP contribution in [0.4, 0.5) is 0 Å². The number of pyridine rings is 1. The van der Waals surface area contributed by atoms with Crippen molar-refractivity contribution in [3.8, 4) is 11.4 Å². The van der Waals surface area contributed by atoms with Gasteiger partial charge in [-0.1, -0.05) is 11.6 Å². The summed E-state index contributed by atoms with van der Waals surface area (Å²) >= 11 is 8.13. The maximum Gasteiger partial charge on any atom is 0.278 e. The number of aromatic amines is 1. The molecule has 0 amide bonds. The Balaban J connectivity index is 2.42. The summed E-state index contributed by atoms with van der Waals surface area (Å²) in [4.78, 5) is 15.0. The van der Waals surface area contributed by atoms with Crippen LogP contribution < -0.4 is 5.56 Å². The fourth-order valence-electron chi connectivity index (χ4n) is 2.31. The molecule has 0 fully saturated rings. The molecule has 0 radical (unpaired) electrons. The summed E-state index contributed by atoms with van der Waals surface area (Å²) in [6, 6.07) is 5.21. The molecule has 0 aliphatic carbocycles. The van der Waals surface area contributed by atoms with E-state index in [1.807, 2.05) is 19.9 Å². The Morgan fingerprint density at radius 3 is 2.67 bits per heavy atom. The number of rotatable bonds is 1. The van der Waals surface area contributed by atoms with Crippen LogP contribution in [0.5, 0.6) is 5.75 Å². The van der Waals surface area contributed by atoms with Crippen molar-refractivity contribution in [1.82, 2.24) is 14.8 Å². The molecule has 3 aromatic rings. The van der Waals surface area contributed by atoms with Gasteiger partial charge in [-0.2, -0.15) is 5.10 Å². The third-order valence-electron chi connectivity index (χ3n) is 3.22. The molecule has 0 saturated heterocycles. The largest absolute Gasteiger partial charge is 0.505 e. The quantitative estimate of drug-likeness (QED) is 0.599. The van der Waals surface area contributed by atoms with Crippen LogP contribution >= 0.6 is 34.2 Å². The van der Waals surface area contributed by atoms with Crippen molar-refractivity contribution in [1.29, 1.82) is 0 Å². The zero-order chi connectivity index (χ0) is 15.3. The standard InChI is InChI=1S/C14H11ClIN3O2/c1-6-3-7(2)19(18-6)12-13(20)8-4-10(16)9(15)5-11(8)17-14(12)21/h3-5H,1-2H3,(H2,17,20,21). The molecule has 1 aromatic carbocycles. The van der Waals surface area contributed by atoms with Gasteiger partial charge in [-0.05, 0) is 54.6 Å². The predicted octanol–water partition coefficient (Wildman–Crippen LogP) is 3.29. The Labute approximate surface area is 138 Å². The van der Waals surface area contributed by atoms with E-state index in [0.717, 1.165) is 15.0 Å². The lowest BCUT2D eigenvalue weighted by atomic mass is 10.2. The molecular formula is C14H11ClIN3O2. The number of fused-ring (bicyclic) bond motifs is 1. The van der Waals surface area contributed by atoms with E-state index in [1.165, 1.54) is 4.68 Å². The van der Waals surface area contributed by atoms with Crippen LogP contribution in [0, 0.1) is 17.4 Å². The topological polar surface area (TPSA) is 70.9 Å². The van der Waals surface area contributed by atoms with E-state index >= 15 is 0 Å². The zero-order valence-electron chi connectivity index (χ0n) is 11.2. The van der Waals surface area contributed by atoms with Gasteiger partial charge in [0.25, 0.3) is 5.56 Å². The lowest BCUT2D eigenvalue weighted by molar-refractivity contribution is 0.474. The van der Waals surface area contributed by atoms with E-state index in [2.05, 4.69) is 32.7 Å². The molecule has 108 valence electrons. The van der Waals surface area contributed by atoms with E-state index in [4.69, 9.17) is 11.6 Å². The highest BCUT2D eigenvalue weighted by atomic mass is 127. The maximum absolute atomic E-state index is 12.3. The molecular weight excluding hydrogens is 405 g/mol. The van der Waals surface area contributed by atoms with E-state index in [0.29, 0.717) is 15.9 Å². The summed E-state index contributed by atoms with van der Waals surface area (Å²) in [6.45, 7) is 3.66. The Morgan fingerprint density at radius 2 is 2.05 bits per heavy atom. The van der Waals surface area contributed by atoms with Crippen molar-refractivity contribution in [2.24, 2.45) is 0 Å². The Kier molecular flexibility index (Phi) is 3.45. The molecule has 7 heteroatoms. The predicted molar refractivity (Wildman–Crippen MR) is 90.6 cm³/mol. The van der Waals surface area contributed by atoms with Crippen LogP contribution in [0.2, 0.25) is 5.02 Å². The first-order valence-corrected chi connectivity index (χ1v) is 7.62. The van der Waals surface area contributed by atoms with E-state index in [1.54, 1.807) is 12.1 Å². The van der Waals surface area contributed by atoms with Gasteiger partial charge < -0.3 is 10.1 Å². The minimum atomic E-state index is -0.413. The molecule has 0 saturated carbocycles. The van der Waals surface area contributed by atoms with E-state index < -0.39 is 5.56 Å². The van der Waals surface area contributed by atoms with Gasteiger partial charge in [0.05, 0.1) is 16.2 Å². The first-order chi connectivity index (χ1) is 9.88. The number of aromatic hydroxyl groups is 1. The Morgan fingerprint density at radius 1 is 1.33 bits per heavy atom. The molecule has 0 atom stereocenters. The molecule has 2 aromatic heterocycles. The summed E-state index contributed by atoms with van der Waals surface area (Å²) in [7, 11) is 0. The van der Waals surface area contributed by atoms with Gasteiger partial charge >= 0.3 is 0 Å². The fourth-order valence-corrected chi connectivity index (χ4v) is 2.95. The van der Waals surface area contributed by atoms with Gasteiger partial charge in [0.2, 0.25) is 0 Å². The van der Waals surface area contributed by atoms with Crippen molar-refractivity contribution in [3.63, 3.8) is 0 Å². The lowest BCUT2D eigenvalue weighted by Crippen LogP contribution is -2.17. The molecule has 2 heterocycles. The molecule has 2 N–H and O–H groups in total. The summed E-state index contributed by atoms with van der Waals surface area (Å²) < 4.78 is 2.24. The number of H-pyrrole nitrogens is 1. The van der Waals surface area contributed by atoms with Crippen molar-refractivity contribution < 1.29 is 5.11 Å². The molecule has 0 bridgehead atoms. The molecule has 0 unspecified atom stereocenters. The van der Waals surface area contributed by atoms with E-state index in [9.17, 15) is 9.90 Å². The number of benzene rings is 1.